The largest absolute Gasteiger partial charge is 0.494 e. The lowest BCUT2D eigenvalue weighted by molar-refractivity contribution is 0.0787. The van der Waals surface area contributed by atoms with Crippen LogP contribution < -0.4 is 10.2 Å². The van der Waals surface area contributed by atoms with Gasteiger partial charge in [0.1, 0.15) is 17.1 Å². The van der Waals surface area contributed by atoms with E-state index in [0.29, 0.717) is 16.6 Å². The Morgan fingerprint density at radius 2 is 2.11 bits per heavy atom. The number of methoxy groups -OCH3 is 1. The summed E-state index contributed by atoms with van der Waals surface area (Å²) < 4.78 is 5.32. The van der Waals surface area contributed by atoms with Crippen molar-refractivity contribution in [2.24, 2.45) is 10.1 Å². The van der Waals surface area contributed by atoms with Gasteiger partial charge in [0.05, 0.1) is 12.8 Å². The van der Waals surface area contributed by atoms with Gasteiger partial charge in [-0.05, 0) is 31.0 Å². The first kappa shape index (κ1) is 17.7. The van der Waals surface area contributed by atoms with Gasteiger partial charge in [-0.1, -0.05) is 23.9 Å². The number of aliphatic imine (C=N–C) groups is 1. The van der Waals surface area contributed by atoms with E-state index in [1.165, 1.54) is 0 Å². The molecular weight excluding hydrogens is 362 g/mol. The molecule has 7 nitrogen and oxygen atoms in total. The average Bonchev–Trinajstić information content (AvgIpc) is 3.41. The fraction of sp³-hybridized carbons (Fsp3) is 0.316. The Hall–Kier alpha value is -2.74. The average molecular weight is 383 g/mol. The van der Waals surface area contributed by atoms with Crippen molar-refractivity contribution < 1.29 is 9.53 Å². The van der Waals surface area contributed by atoms with Crippen molar-refractivity contribution in [3.8, 4) is 5.75 Å². The van der Waals surface area contributed by atoms with Gasteiger partial charge < -0.3 is 14.6 Å². The molecule has 1 fully saturated rings. The molecule has 0 saturated carbocycles. The molecule has 0 unspecified atom stereocenters. The van der Waals surface area contributed by atoms with Crippen LogP contribution in [0.1, 0.15) is 28.9 Å². The van der Waals surface area contributed by atoms with Crippen LogP contribution in [0.25, 0.3) is 0 Å². The number of hydrazone groups is 1. The van der Waals surface area contributed by atoms with Crippen molar-refractivity contribution in [2.45, 2.75) is 12.8 Å². The van der Waals surface area contributed by atoms with Crippen molar-refractivity contribution in [2.75, 3.05) is 26.0 Å². The van der Waals surface area contributed by atoms with Crippen LogP contribution in [0.4, 0.5) is 5.69 Å². The summed E-state index contributed by atoms with van der Waals surface area (Å²) in [4.78, 5) is 22.0. The number of aromatic nitrogens is 1. The molecule has 1 amide bonds. The third-order valence-corrected chi connectivity index (χ3v) is 5.45. The number of carbonyl (C=O) groups is 1. The zero-order valence-corrected chi connectivity index (χ0v) is 15.9. The van der Waals surface area contributed by atoms with E-state index in [1.807, 2.05) is 41.4 Å². The second-order valence-corrected chi connectivity index (χ2v) is 7.31. The fourth-order valence-electron chi connectivity index (χ4n) is 3.13. The molecule has 1 aromatic carbocycles. The van der Waals surface area contributed by atoms with E-state index in [-0.39, 0.29) is 5.91 Å². The Morgan fingerprint density at radius 3 is 2.85 bits per heavy atom. The number of likely N-dealkylation sites (tertiary alicyclic amines) is 1. The highest BCUT2D eigenvalue weighted by Crippen LogP contribution is 2.28. The molecule has 2 N–H and O–H groups in total. The maximum absolute atomic E-state index is 12.5. The molecule has 0 bridgehead atoms. The third kappa shape index (κ3) is 3.85. The van der Waals surface area contributed by atoms with Crippen LogP contribution in [0, 0.1) is 0 Å². The van der Waals surface area contributed by atoms with E-state index in [1.54, 1.807) is 18.9 Å². The van der Waals surface area contributed by atoms with Crippen LogP contribution in [0.15, 0.2) is 46.6 Å². The SMILES string of the molecule is COc1ccccc1N=C1NN=C(c2c[nH]c(C(=O)N3CCCC3)c2)CS1. The fourth-order valence-corrected chi connectivity index (χ4v) is 3.91. The van der Waals surface area contributed by atoms with Gasteiger partial charge in [0.15, 0.2) is 5.17 Å². The molecule has 0 aliphatic carbocycles. The predicted molar refractivity (Wildman–Crippen MR) is 108 cm³/mol. The van der Waals surface area contributed by atoms with Crippen LogP contribution in [-0.4, -0.2) is 52.6 Å². The minimum Gasteiger partial charge on any atom is -0.494 e. The Morgan fingerprint density at radius 1 is 1.30 bits per heavy atom. The van der Waals surface area contributed by atoms with Crippen LogP contribution in [-0.2, 0) is 0 Å². The molecule has 0 radical (unpaired) electrons. The Labute approximate surface area is 161 Å². The van der Waals surface area contributed by atoms with Gasteiger partial charge in [0.2, 0.25) is 0 Å². The number of nitrogens with zero attached hydrogens (tertiary/aromatic N) is 3. The lowest BCUT2D eigenvalue weighted by Gasteiger charge is -2.14. The predicted octanol–water partition coefficient (Wildman–Crippen LogP) is 2.99. The van der Waals surface area contributed by atoms with Gasteiger partial charge in [-0.25, -0.2) is 4.99 Å². The Bertz CT molecular complexity index is 899. The number of amides is 1. The van der Waals surface area contributed by atoms with E-state index in [4.69, 9.17) is 4.74 Å². The summed E-state index contributed by atoms with van der Waals surface area (Å²) in [6.07, 6.45) is 4.01. The first-order valence-corrected chi connectivity index (χ1v) is 9.88. The van der Waals surface area contributed by atoms with Crippen molar-refractivity contribution in [3.05, 3.63) is 47.8 Å². The smallest absolute Gasteiger partial charge is 0.270 e. The number of nitrogens with one attached hydrogen (secondary N) is 2. The second-order valence-electron chi connectivity index (χ2n) is 6.35. The zero-order chi connectivity index (χ0) is 18.6. The maximum Gasteiger partial charge on any atom is 0.270 e. The minimum absolute atomic E-state index is 0.0641. The zero-order valence-electron chi connectivity index (χ0n) is 15.1. The highest BCUT2D eigenvalue weighted by molar-refractivity contribution is 8.14. The molecule has 8 heteroatoms. The number of H-pyrrole nitrogens is 1. The van der Waals surface area contributed by atoms with Crippen molar-refractivity contribution in [1.82, 2.24) is 15.3 Å². The molecule has 140 valence electrons. The van der Waals surface area contributed by atoms with E-state index in [2.05, 4.69) is 20.5 Å². The topological polar surface area (TPSA) is 82.1 Å². The first-order valence-electron chi connectivity index (χ1n) is 8.90. The highest BCUT2D eigenvalue weighted by Gasteiger charge is 2.22. The highest BCUT2D eigenvalue weighted by atomic mass is 32.2. The summed E-state index contributed by atoms with van der Waals surface area (Å²) in [5.74, 6) is 1.46. The lowest BCUT2D eigenvalue weighted by atomic mass is 10.2. The normalized spacial score (nSPS) is 18.3. The van der Waals surface area contributed by atoms with Crippen molar-refractivity contribution >= 4 is 34.2 Å². The first-order chi connectivity index (χ1) is 13.2. The molecule has 4 rings (SSSR count). The Balaban J connectivity index is 1.46. The van der Waals surface area contributed by atoms with E-state index < -0.39 is 0 Å². The molecule has 2 aliphatic heterocycles. The number of thioether (sulfide) groups is 1. The summed E-state index contributed by atoms with van der Waals surface area (Å²) in [7, 11) is 1.63. The van der Waals surface area contributed by atoms with Gasteiger partial charge in [0, 0.05) is 30.6 Å². The summed E-state index contributed by atoms with van der Waals surface area (Å²) in [5, 5.41) is 5.15. The van der Waals surface area contributed by atoms with E-state index >= 15 is 0 Å². The van der Waals surface area contributed by atoms with E-state index in [0.717, 1.165) is 48.6 Å². The second kappa shape index (κ2) is 7.87. The molecule has 1 aromatic heterocycles. The van der Waals surface area contributed by atoms with Crippen LogP contribution in [0.3, 0.4) is 0 Å². The third-order valence-electron chi connectivity index (χ3n) is 4.58. The summed E-state index contributed by atoms with van der Waals surface area (Å²) in [6, 6.07) is 9.48. The van der Waals surface area contributed by atoms with Gasteiger partial charge in [-0.2, -0.15) is 5.10 Å². The maximum atomic E-state index is 12.5. The molecule has 1 saturated heterocycles. The number of ether oxygens (including phenoxy) is 1. The number of benzene rings is 1. The number of carbonyl (C=O) groups excluding carboxylic acids is 1. The molecule has 27 heavy (non-hydrogen) atoms. The standard InChI is InChI=1S/C19H21N5O2S/c1-26-17-7-3-2-6-14(17)21-19-23-22-16(12-27-19)13-10-15(20-11-13)18(25)24-8-4-5-9-24/h2-3,6-7,10-11,20H,4-5,8-9,12H2,1H3,(H,21,23). The minimum atomic E-state index is 0.0641. The Kier molecular flexibility index (Phi) is 5.15. The number of amidine groups is 1. The van der Waals surface area contributed by atoms with Gasteiger partial charge in [0.25, 0.3) is 5.91 Å². The molecule has 0 spiro atoms. The quantitative estimate of drug-likeness (QED) is 0.850. The summed E-state index contributed by atoms with van der Waals surface area (Å²) >= 11 is 1.57. The number of aromatic amines is 1. The number of para-hydroxylation sites is 2. The van der Waals surface area contributed by atoms with Crippen LogP contribution >= 0.6 is 11.8 Å². The van der Waals surface area contributed by atoms with Crippen LogP contribution in [0.2, 0.25) is 0 Å². The van der Waals surface area contributed by atoms with Gasteiger partial charge in [-0.3, -0.25) is 10.2 Å². The van der Waals surface area contributed by atoms with E-state index in [9.17, 15) is 4.79 Å². The van der Waals surface area contributed by atoms with Gasteiger partial charge >= 0.3 is 0 Å². The molecule has 3 heterocycles. The molecule has 2 aromatic rings. The number of hydrogen-bond donors (Lipinski definition) is 2. The van der Waals surface area contributed by atoms with Crippen molar-refractivity contribution in [3.63, 3.8) is 0 Å². The molecule has 2 aliphatic rings. The number of rotatable bonds is 4. The summed E-state index contributed by atoms with van der Waals surface area (Å²) in [5.41, 5.74) is 6.18. The summed E-state index contributed by atoms with van der Waals surface area (Å²) in [6.45, 7) is 1.68. The molecular formula is C19H21N5O2S. The molecule has 0 atom stereocenters. The lowest BCUT2D eigenvalue weighted by Crippen LogP contribution is -2.27. The van der Waals surface area contributed by atoms with Crippen molar-refractivity contribution in [1.29, 1.82) is 0 Å². The van der Waals surface area contributed by atoms with Crippen LogP contribution in [0.5, 0.6) is 5.75 Å². The monoisotopic (exact) mass is 383 g/mol. The van der Waals surface area contributed by atoms with Gasteiger partial charge in [-0.15, -0.1) is 0 Å². The number of hydrogen-bond acceptors (Lipinski definition) is 5.